The van der Waals surface area contributed by atoms with E-state index in [-0.39, 0.29) is 18.3 Å². The Morgan fingerprint density at radius 3 is 2.58 bits per heavy atom. The normalized spacial score (nSPS) is 10.8. The van der Waals surface area contributed by atoms with E-state index < -0.39 is 5.91 Å². The summed E-state index contributed by atoms with van der Waals surface area (Å²) in [4.78, 5) is 34.3. The maximum absolute atomic E-state index is 12.5. The van der Waals surface area contributed by atoms with Crippen molar-refractivity contribution in [2.75, 3.05) is 18.9 Å². The first-order valence-electron chi connectivity index (χ1n) is 7.85. The SMILES string of the molecule is Cc1cc(C)n2nc(C(=O)N(C)CC(=O)Nc3ccc(Cl)cc3)nc2n1. The van der Waals surface area contributed by atoms with Gasteiger partial charge >= 0.3 is 0 Å². The van der Waals surface area contributed by atoms with Crippen molar-refractivity contribution in [2.24, 2.45) is 0 Å². The van der Waals surface area contributed by atoms with Crippen LogP contribution in [0.15, 0.2) is 30.3 Å². The number of nitrogens with zero attached hydrogens (tertiary/aromatic N) is 5. The molecule has 0 unspecified atom stereocenters. The molecule has 0 atom stereocenters. The maximum atomic E-state index is 12.5. The number of carbonyl (C=O) groups is 2. The van der Waals surface area contributed by atoms with Gasteiger partial charge < -0.3 is 10.2 Å². The number of fused-ring (bicyclic) bond motifs is 1. The maximum Gasteiger partial charge on any atom is 0.293 e. The predicted molar refractivity (Wildman–Crippen MR) is 97.3 cm³/mol. The third-order valence-corrected chi connectivity index (χ3v) is 3.92. The van der Waals surface area contributed by atoms with Gasteiger partial charge in [-0.15, -0.1) is 5.10 Å². The lowest BCUT2D eigenvalue weighted by atomic mass is 10.3. The summed E-state index contributed by atoms with van der Waals surface area (Å²) in [6.07, 6.45) is 0. The molecule has 3 rings (SSSR count). The van der Waals surface area contributed by atoms with Crippen molar-refractivity contribution in [2.45, 2.75) is 13.8 Å². The Labute approximate surface area is 154 Å². The van der Waals surface area contributed by atoms with Crippen LogP contribution in [0.5, 0.6) is 0 Å². The summed E-state index contributed by atoms with van der Waals surface area (Å²) in [7, 11) is 1.51. The molecule has 1 N–H and O–H groups in total. The molecule has 26 heavy (non-hydrogen) atoms. The topological polar surface area (TPSA) is 92.5 Å². The molecule has 3 aromatic rings. The summed E-state index contributed by atoms with van der Waals surface area (Å²) < 4.78 is 1.50. The van der Waals surface area contributed by atoms with Crippen LogP contribution in [0.25, 0.3) is 5.78 Å². The molecule has 2 aromatic heterocycles. The quantitative estimate of drug-likeness (QED) is 0.757. The number of carbonyl (C=O) groups excluding carboxylic acids is 2. The van der Waals surface area contributed by atoms with E-state index in [1.807, 2.05) is 19.9 Å². The van der Waals surface area contributed by atoms with Gasteiger partial charge in [-0.25, -0.2) is 9.50 Å². The number of benzene rings is 1. The standard InChI is InChI=1S/C17H17ClN6O2/c1-10-8-11(2)24-17(19-10)21-15(22-24)16(26)23(3)9-14(25)20-13-6-4-12(18)5-7-13/h4-8H,9H2,1-3H3,(H,20,25). The molecule has 1 aromatic carbocycles. The zero-order valence-corrected chi connectivity index (χ0v) is 15.3. The highest BCUT2D eigenvalue weighted by Gasteiger charge is 2.20. The molecular weight excluding hydrogens is 356 g/mol. The van der Waals surface area contributed by atoms with E-state index in [0.29, 0.717) is 16.5 Å². The fourth-order valence-corrected chi connectivity index (χ4v) is 2.57. The molecule has 8 nitrogen and oxygen atoms in total. The first kappa shape index (κ1) is 17.8. The molecule has 0 aliphatic rings. The minimum Gasteiger partial charge on any atom is -0.330 e. The van der Waals surface area contributed by atoms with Gasteiger partial charge in [0.1, 0.15) is 0 Å². The Hall–Kier alpha value is -3.00. The van der Waals surface area contributed by atoms with Gasteiger partial charge in [-0.3, -0.25) is 9.59 Å². The number of halogens is 1. The van der Waals surface area contributed by atoms with Crippen LogP contribution in [0, 0.1) is 13.8 Å². The van der Waals surface area contributed by atoms with E-state index in [4.69, 9.17) is 11.6 Å². The number of hydrogen-bond acceptors (Lipinski definition) is 5. The van der Waals surface area contributed by atoms with E-state index >= 15 is 0 Å². The molecule has 134 valence electrons. The summed E-state index contributed by atoms with van der Waals surface area (Å²) in [5, 5.41) is 7.46. The number of anilines is 1. The van der Waals surface area contributed by atoms with E-state index in [1.54, 1.807) is 24.3 Å². The van der Waals surface area contributed by atoms with Gasteiger partial charge in [0.15, 0.2) is 0 Å². The molecule has 0 aliphatic carbocycles. The summed E-state index contributed by atoms with van der Waals surface area (Å²) in [6, 6.07) is 8.55. The predicted octanol–water partition coefficient (Wildman–Crippen LogP) is 2.11. The number of likely N-dealkylation sites (N-methyl/N-ethyl adjacent to an activating group) is 1. The zero-order chi connectivity index (χ0) is 18.8. The fourth-order valence-electron chi connectivity index (χ4n) is 2.45. The summed E-state index contributed by atoms with van der Waals surface area (Å²) in [5.41, 5.74) is 2.21. The smallest absolute Gasteiger partial charge is 0.293 e. The Balaban J connectivity index is 1.70. The zero-order valence-electron chi connectivity index (χ0n) is 14.5. The van der Waals surface area contributed by atoms with Crippen molar-refractivity contribution in [1.82, 2.24) is 24.5 Å². The molecule has 0 radical (unpaired) electrons. The summed E-state index contributed by atoms with van der Waals surface area (Å²) in [5.74, 6) is -0.450. The second-order valence-electron chi connectivity index (χ2n) is 5.90. The molecule has 0 aliphatic heterocycles. The lowest BCUT2D eigenvalue weighted by Crippen LogP contribution is -2.35. The Kier molecular flexibility index (Phi) is 4.85. The molecule has 0 saturated heterocycles. The van der Waals surface area contributed by atoms with Crippen molar-refractivity contribution in [3.8, 4) is 0 Å². The van der Waals surface area contributed by atoms with Crippen molar-refractivity contribution in [3.05, 3.63) is 52.6 Å². The van der Waals surface area contributed by atoms with Gasteiger partial charge in [0, 0.05) is 29.1 Å². The molecule has 2 heterocycles. The van der Waals surface area contributed by atoms with E-state index in [9.17, 15) is 9.59 Å². The van der Waals surface area contributed by atoms with Crippen LogP contribution in [0.1, 0.15) is 22.0 Å². The van der Waals surface area contributed by atoms with Gasteiger partial charge in [0.2, 0.25) is 11.7 Å². The lowest BCUT2D eigenvalue weighted by molar-refractivity contribution is -0.116. The molecule has 0 saturated carbocycles. The number of amides is 2. The average Bonchev–Trinajstić information content (AvgIpc) is 3.00. The second-order valence-corrected chi connectivity index (χ2v) is 6.34. The largest absolute Gasteiger partial charge is 0.330 e. The minimum atomic E-state index is -0.459. The number of rotatable bonds is 4. The lowest BCUT2D eigenvalue weighted by Gasteiger charge is -2.14. The summed E-state index contributed by atoms with van der Waals surface area (Å²) >= 11 is 5.81. The van der Waals surface area contributed by atoms with E-state index in [2.05, 4.69) is 20.4 Å². The van der Waals surface area contributed by atoms with Crippen LogP contribution in [-0.4, -0.2) is 49.9 Å². The Bertz CT molecular complexity index is 983. The third-order valence-electron chi connectivity index (χ3n) is 3.67. The fraction of sp³-hybridized carbons (Fsp3) is 0.235. The summed E-state index contributed by atoms with van der Waals surface area (Å²) in [6.45, 7) is 3.56. The van der Waals surface area contributed by atoms with Crippen molar-refractivity contribution >= 4 is 34.9 Å². The van der Waals surface area contributed by atoms with Crippen LogP contribution in [0.2, 0.25) is 5.02 Å². The van der Waals surface area contributed by atoms with E-state index in [1.165, 1.54) is 16.5 Å². The molecule has 9 heteroatoms. The molecule has 0 bridgehead atoms. The van der Waals surface area contributed by atoms with Crippen LogP contribution >= 0.6 is 11.6 Å². The highest BCUT2D eigenvalue weighted by Crippen LogP contribution is 2.13. The van der Waals surface area contributed by atoms with Crippen molar-refractivity contribution < 1.29 is 9.59 Å². The Morgan fingerprint density at radius 1 is 1.19 bits per heavy atom. The van der Waals surface area contributed by atoms with Gasteiger partial charge in [0.25, 0.3) is 11.7 Å². The van der Waals surface area contributed by atoms with Crippen LogP contribution in [0.3, 0.4) is 0 Å². The first-order valence-corrected chi connectivity index (χ1v) is 8.23. The number of nitrogens with one attached hydrogen (secondary N) is 1. The number of aromatic nitrogens is 4. The van der Waals surface area contributed by atoms with Gasteiger partial charge in [-0.05, 0) is 44.2 Å². The van der Waals surface area contributed by atoms with Crippen LogP contribution < -0.4 is 5.32 Å². The second kappa shape index (κ2) is 7.09. The van der Waals surface area contributed by atoms with Crippen molar-refractivity contribution in [1.29, 1.82) is 0 Å². The first-order chi connectivity index (χ1) is 12.3. The minimum absolute atomic E-state index is 0.00649. The highest BCUT2D eigenvalue weighted by molar-refractivity contribution is 6.30. The third kappa shape index (κ3) is 3.80. The highest BCUT2D eigenvalue weighted by atomic mass is 35.5. The van der Waals surface area contributed by atoms with Gasteiger partial charge in [0.05, 0.1) is 6.54 Å². The molecule has 2 amide bonds. The number of hydrogen-bond donors (Lipinski definition) is 1. The molecular formula is C17H17ClN6O2. The van der Waals surface area contributed by atoms with Gasteiger partial charge in [-0.1, -0.05) is 11.6 Å². The molecule has 0 spiro atoms. The monoisotopic (exact) mass is 372 g/mol. The number of aryl methyl sites for hydroxylation is 2. The Morgan fingerprint density at radius 2 is 1.88 bits per heavy atom. The average molecular weight is 373 g/mol. The van der Waals surface area contributed by atoms with Crippen LogP contribution in [0.4, 0.5) is 5.69 Å². The molecule has 0 fully saturated rings. The van der Waals surface area contributed by atoms with E-state index in [0.717, 1.165) is 11.4 Å². The van der Waals surface area contributed by atoms with Gasteiger partial charge in [-0.2, -0.15) is 4.98 Å². The van der Waals surface area contributed by atoms with Crippen molar-refractivity contribution in [3.63, 3.8) is 0 Å². The van der Waals surface area contributed by atoms with Crippen LogP contribution in [-0.2, 0) is 4.79 Å².